The van der Waals surface area contributed by atoms with Gasteiger partial charge in [-0.3, -0.25) is 4.90 Å². The van der Waals surface area contributed by atoms with Crippen molar-refractivity contribution in [2.75, 3.05) is 39.4 Å². The molecule has 0 aromatic rings. The molecule has 2 atom stereocenters. The fourth-order valence-electron chi connectivity index (χ4n) is 2.23. The fourth-order valence-corrected chi connectivity index (χ4v) is 2.23. The lowest BCUT2D eigenvalue weighted by Gasteiger charge is -2.22. The molecule has 0 aromatic carbocycles. The molecule has 2 rings (SSSR count). The van der Waals surface area contributed by atoms with Crippen molar-refractivity contribution >= 4 is 0 Å². The SMILES string of the molecule is OC1CNC(CN2CCCOCC2)C1. The number of nitrogens with one attached hydrogen (secondary N) is 1. The molecule has 2 saturated heterocycles. The number of β-amino-alcohol motifs (C(OH)–C–C–N with tert-alkyl or cyclic N) is 1. The van der Waals surface area contributed by atoms with Crippen LogP contribution in [0, 0.1) is 0 Å². The molecule has 2 aliphatic rings. The lowest BCUT2D eigenvalue weighted by Crippen LogP contribution is -2.38. The van der Waals surface area contributed by atoms with Crippen molar-refractivity contribution in [2.45, 2.75) is 25.0 Å². The van der Waals surface area contributed by atoms with E-state index < -0.39 is 0 Å². The zero-order valence-corrected chi connectivity index (χ0v) is 8.61. The van der Waals surface area contributed by atoms with Crippen molar-refractivity contribution in [3.63, 3.8) is 0 Å². The number of aliphatic hydroxyl groups is 1. The van der Waals surface area contributed by atoms with Gasteiger partial charge in [0.15, 0.2) is 0 Å². The summed E-state index contributed by atoms with van der Waals surface area (Å²) in [5.74, 6) is 0. The van der Waals surface area contributed by atoms with Crippen molar-refractivity contribution < 1.29 is 9.84 Å². The van der Waals surface area contributed by atoms with Gasteiger partial charge in [-0.2, -0.15) is 0 Å². The van der Waals surface area contributed by atoms with Crippen LogP contribution in [0.15, 0.2) is 0 Å². The molecule has 82 valence electrons. The fraction of sp³-hybridized carbons (Fsp3) is 1.00. The smallest absolute Gasteiger partial charge is 0.0680 e. The normalized spacial score (nSPS) is 35.8. The van der Waals surface area contributed by atoms with Gasteiger partial charge >= 0.3 is 0 Å². The number of nitrogens with zero attached hydrogens (tertiary/aromatic N) is 1. The van der Waals surface area contributed by atoms with E-state index in [0.717, 1.165) is 52.2 Å². The van der Waals surface area contributed by atoms with Crippen LogP contribution in [0.1, 0.15) is 12.8 Å². The molecule has 4 nitrogen and oxygen atoms in total. The van der Waals surface area contributed by atoms with Crippen LogP contribution in [0.3, 0.4) is 0 Å². The van der Waals surface area contributed by atoms with Crippen molar-refractivity contribution in [1.29, 1.82) is 0 Å². The molecule has 2 N–H and O–H groups in total. The van der Waals surface area contributed by atoms with Gasteiger partial charge in [0.25, 0.3) is 0 Å². The number of aliphatic hydroxyl groups excluding tert-OH is 1. The Kier molecular flexibility index (Phi) is 3.75. The Balaban J connectivity index is 1.72. The third-order valence-electron chi connectivity index (χ3n) is 2.99. The number of hydrogen-bond donors (Lipinski definition) is 2. The van der Waals surface area contributed by atoms with E-state index in [-0.39, 0.29) is 6.10 Å². The van der Waals surface area contributed by atoms with Crippen LogP contribution in [-0.2, 0) is 4.74 Å². The Morgan fingerprint density at radius 3 is 3.07 bits per heavy atom. The highest BCUT2D eigenvalue weighted by molar-refractivity contribution is 4.83. The average Bonchev–Trinajstić information content (AvgIpc) is 2.43. The molecule has 0 aliphatic carbocycles. The molecule has 0 radical (unpaired) electrons. The molecule has 0 spiro atoms. The predicted octanol–water partition coefficient (Wildman–Crippen LogP) is -0.568. The maximum absolute atomic E-state index is 9.38. The summed E-state index contributed by atoms with van der Waals surface area (Å²) in [7, 11) is 0. The first-order valence-corrected chi connectivity index (χ1v) is 5.56. The highest BCUT2D eigenvalue weighted by Crippen LogP contribution is 2.09. The Hall–Kier alpha value is -0.160. The molecule has 2 heterocycles. The summed E-state index contributed by atoms with van der Waals surface area (Å²) in [4.78, 5) is 2.43. The van der Waals surface area contributed by atoms with E-state index in [1.807, 2.05) is 0 Å². The topological polar surface area (TPSA) is 44.7 Å². The molecule has 2 fully saturated rings. The molecular weight excluding hydrogens is 180 g/mol. The standard InChI is InChI=1S/C10H20N2O2/c13-10-6-9(11-7-10)8-12-2-1-4-14-5-3-12/h9-11,13H,1-8H2. The van der Waals surface area contributed by atoms with Gasteiger partial charge < -0.3 is 15.2 Å². The second-order valence-corrected chi connectivity index (χ2v) is 4.26. The Bertz CT molecular complexity index is 170. The van der Waals surface area contributed by atoms with Gasteiger partial charge in [0.1, 0.15) is 0 Å². The third-order valence-corrected chi connectivity index (χ3v) is 2.99. The van der Waals surface area contributed by atoms with Crippen molar-refractivity contribution in [2.24, 2.45) is 0 Å². The summed E-state index contributed by atoms with van der Waals surface area (Å²) < 4.78 is 5.40. The van der Waals surface area contributed by atoms with E-state index in [1.54, 1.807) is 0 Å². The third kappa shape index (κ3) is 2.92. The summed E-state index contributed by atoms with van der Waals surface area (Å²) in [6.07, 6.45) is 1.90. The molecule has 14 heavy (non-hydrogen) atoms. The van der Waals surface area contributed by atoms with Crippen LogP contribution in [0.4, 0.5) is 0 Å². The first-order chi connectivity index (χ1) is 6.84. The van der Waals surface area contributed by atoms with Crippen LogP contribution >= 0.6 is 0 Å². The number of rotatable bonds is 2. The summed E-state index contributed by atoms with van der Waals surface area (Å²) in [6.45, 7) is 5.74. The van der Waals surface area contributed by atoms with Gasteiger partial charge in [-0.15, -0.1) is 0 Å². The minimum absolute atomic E-state index is 0.136. The van der Waals surface area contributed by atoms with Crippen LogP contribution < -0.4 is 5.32 Å². The molecule has 0 bridgehead atoms. The Morgan fingerprint density at radius 2 is 2.29 bits per heavy atom. The molecule has 0 saturated carbocycles. The minimum Gasteiger partial charge on any atom is -0.392 e. The number of ether oxygens (including phenoxy) is 1. The first-order valence-electron chi connectivity index (χ1n) is 5.56. The van der Waals surface area contributed by atoms with Crippen LogP contribution in [0.2, 0.25) is 0 Å². The molecule has 4 heteroatoms. The van der Waals surface area contributed by atoms with Crippen LogP contribution in [0.5, 0.6) is 0 Å². The van der Waals surface area contributed by atoms with Gasteiger partial charge in [0.05, 0.1) is 12.7 Å². The van der Waals surface area contributed by atoms with Gasteiger partial charge in [-0.25, -0.2) is 0 Å². The second-order valence-electron chi connectivity index (χ2n) is 4.26. The zero-order valence-electron chi connectivity index (χ0n) is 8.61. The molecule has 0 amide bonds. The van der Waals surface area contributed by atoms with Crippen LogP contribution in [-0.4, -0.2) is 61.5 Å². The lowest BCUT2D eigenvalue weighted by atomic mass is 10.2. The Morgan fingerprint density at radius 1 is 1.36 bits per heavy atom. The largest absolute Gasteiger partial charge is 0.392 e. The van der Waals surface area contributed by atoms with E-state index >= 15 is 0 Å². The number of hydrogen-bond acceptors (Lipinski definition) is 4. The quantitative estimate of drug-likeness (QED) is 0.627. The second kappa shape index (κ2) is 5.07. The van der Waals surface area contributed by atoms with Gasteiger partial charge in [-0.05, 0) is 12.8 Å². The minimum atomic E-state index is -0.136. The van der Waals surface area contributed by atoms with E-state index in [2.05, 4.69) is 10.2 Å². The van der Waals surface area contributed by atoms with Gasteiger partial charge in [0.2, 0.25) is 0 Å². The van der Waals surface area contributed by atoms with Gasteiger partial charge in [0, 0.05) is 38.8 Å². The Labute approximate surface area is 85.2 Å². The summed E-state index contributed by atoms with van der Waals surface area (Å²) in [6, 6.07) is 0.475. The monoisotopic (exact) mass is 200 g/mol. The molecule has 2 aliphatic heterocycles. The maximum atomic E-state index is 9.38. The molecule has 2 unspecified atom stereocenters. The van der Waals surface area contributed by atoms with Crippen molar-refractivity contribution in [3.8, 4) is 0 Å². The highest BCUT2D eigenvalue weighted by atomic mass is 16.5. The first kappa shape index (κ1) is 10.4. The van der Waals surface area contributed by atoms with Gasteiger partial charge in [-0.1, -0.05) is 0 Å². The maximum Gasteiger partial charge on any atom is 0.0680 e. The summed E-state index contributed by atoms with van der Waals surface area (Å²) in [5, 5.41) is 12.7. The van der Waals surface area contributed by atoms with Crippen LogP contribution in [0.25, 0.3) is 0 Å². The average molecular weight is 200 g/mol. The molecule has 0 aromatic heterocycles. The van der Waals surface area contributed by atoms with E-state index in [0.29, 0.717) is 6.04 Å². The van der Waals surface area contributed by atoms with E-state index in [9.17, 15) is 5.11 Å². The lowest BCUT2D eigenvalue weighted by molar-refractivity contribution is 0.139. The van der Waals surface area contributed by atoms with Crippen molar-refractivity contribution in [1.82, 2.24) is 10.2 Å². The predicted molar refractivity (Wildman–Crippen MR) is 54.3 cm³/mol. The molecular formula is C10H20N2O2. The highest BCUT2D eigenvalue weighted by Gasteiger charge is 2.24. The summed E-state index contributed by atoms with van der Waals surface area (Å²) >= 11 is 0. The van der Waals surface area contributed by atoms with E-state index in [4.69, 9.17) is 4.74 Å². The summed E-state index contributed by atoms with van der Waals surface area (Å²) in [5.41, 5.74) is 0. The zero-order chi connectivity index (χ0) is 9.80. The van der Waals surface area contributed by atoms with Crippen molar-refractivity contribution in [3.05, 3.63) is 0 Å². The van der Waals surface area contributed by atoms with E-state index in [1.165, 1.54) is 0 Å².